The molecule has 3 rings (SSSR count). The molecular weight excluding hydrogens is 403 g/mol. The summed E-state index contributed by atoms with van der Waals surface area (Å²) in [5, 5.41) is 0.827. The summed E-state index contributed by atoms with van der Waals surface area (Å²) in [6, 6.07) is 8.32. The Morgan fingerprint density at radius 1 is 1.21 bits per heavy atom. The zero-order valence-electron chi connectivity index (χ0n) is 15.5. The van der Waals surface area contributed by atoms with Crippen LogP contribution in [0.2, 0.25) is 10.0 Å². The predicted octanol–water partition coefficient (Wildman–Crippen LogP) is 5.25. The molecule has 0 saturated heterocycles. The van der Waals surface area contributed by atoms with Gasteiger partial charge in [-0.1, -0.05) is 29.3 Å². The van der Waals surface area contributed by atoms with Crippen LogP contribution in [0.15, 0.2) is 36.1 Å². The van der Waals surface area contributed by atoms with Gasteiger partial charge in [-0.3, -0.25) is 4.79 Å². The van der Waals surface area contributed by atoms with Crippen molar-refractivity contribution in [3.05, 3.63) is 62.8 Å². The van der Waals surface area contributed by atoms with Crippen molar-refractivity contribution in [1.29, 1.82) is 0 Å². The van der Waals surface area contributed by atoms with E-state index in [2.05, 4.69) is 0 Å². The summed E-state index contributed by atoms with van der Waals surface area (Å²) in [6.45, 7) is 5.35. The third-order valence-corrected chi connectivity index (χ3v) is 4.89. The van der Waals surface area contributed by atoms with Gasteiger partial charge in [-0.25, -0.2) is 4.79 Å². The first-order valence-corrected chi connectivity index (χ1v) is 9.44. The molecule has 2 aromatic carbocycles. The van der Waals surface area contributed by atoms with Crippen LogP contribution < -0.4 is 9.47 Å². The number of esters is 1. The summed E-state index contributed by atoms with van der Waals surface area (Å²) in [6.07, 6.45) is 0.736. The molecule has 146 valence electrons. The van der Waals surface area contributed by atoms with Crippen LogP contribution in [-0.4, -0.2) is 24.5 Å². The first-order valence-electron chi connectivity index (χ1n) is 8.68. The van der Waals surface area contributed by atoms with Crippen LogP contribution in [0.1, 0.15) is 35.3 Å². The van der Waals surface area contributed by atoms with Gasteiger partial charge in [0.15, 0.2) is 11.9 Å². The minimum atomic E-state index is -0.786. The maximum Gasteiger partial charge on any atom is 0.347 e. The van der Waals surface area contributed by atoms with Crippen molar-refractivity contribution in [2.24, 2.45) is 0 Å². The SMILES string of the molecule is CCOC(=O)C(C)Oc1ccc2c(c1C)O/C(=C\c1c(Cl)cccc1Cl)C2=O. The normalized spacial score (nSPS) is 15.2. The number of Topliss-reactive ketones (excluding diaryl/α,β-unsaturated/α-hetero) is 1. The Morgan fingerprint density at radius 3 is 2.54 bits per heavy atom. The summed E-state index contributed by atoms with van der Waals surface area (Å²) in [7, 11) is 0. The van der Waals surface area contributed by atoms with Crippen molar-refractivity contribution in [3.63, 3.8) is 0 Å². The Balaban J connectivity index is 1.91. The van der Waals surface area contributed by atoms with E-state index in [4.69, 9.17) is 37.4 Å². The first-order chi connectivity index (χ1) is 13.3. The summed E-state index contributed by atoms with van der Waals surface area (Å²) in [5.74, 6) is 0.188. The van der Waals surface area contributed by atoms with Crippen molar-refractivity contribution in [3.8, 4) is 11.5 Å². The monoisotopic (exact) mass is 420 g/mol. The molecule has 0 radical (unpaired) electrons. The molecule has 1 atom stereocenters. The number of ether oxygens (including phenoxy) is 3. The van der Waals surface area contributed by atoms with E-state index in [1.807, 2.05) is 0 Å². The molecule has 1 aliphatic heterocycles. The molecule has 0 saturated carbocycles. The lowest BCUT2D eigenvalue weighted by Crippen LogP contribution is -2.26. The van der Waals surface area contributed by atoms with Crippen LogP contribution in [0.3, 0.4) is 0 Å². The summed E-state index contributed by atoms with van der Waals surface area (Å²) in [4.78, 5) is 24.5. The lowest BCUT2D eigenvalue weighted by atomic mass is 10.1. The fourth-order valence-electron chi connectivity index (χ4n) is 2.77. The van der Waals surface area contributed by atoms with Crippen molar-refractivity contribution in [2.75, 3.05) is 6.61 Å². The Kier molecular flexibility index (Phi) is 5.96. The fraction of sp³-hybridized carbons (Fsp3) is 0.238. The van der Waals surface area contributed by atoms with Gasteiger partial charge in [0.1, 0.15) is 11.5 Å². The highest BCUT2D eigenvalue weighted by Gasteiger charge is 2.31. The van der Waals surface area contributed by atoms with E-state index < -0.39 is 12.1 Å². The van der Waals surface area contributed by atoms with E-state index in [1.165, 1.54) is 6.08 Å². The number of carbonyl (C=O) groups excluding carboxylic acids is 2. The molecule has 0 spiro atoms. The molecule has 2 aromatic rings. The van der Waals surface area contributed by atoms with E-state index >= 15 is 0 Å². The molecule has 0 aromatic heterocycles. The van der Waals surface area contributed by atoms with Gasteiger partial charge < -0.3 is 14.2 Å². The van der Waals surface area contributed by atoms with Crippen molar-refractivity contribution < 1.29 is 23.8 Å². The number of hydrogen-bond donors (Lipinski definition) is 0. The standard InChI is InChI=1S/C21H18Cl2O5/c1-4-26-21(25)12(3)27-17-9-8-13-19(24)18(28-20(13)11(17)2)10-14-15(22)6-5-7-16(14)23/h5-10,12H,4H2,1-3H3/b18-10-. The zero-order chi connectivity index (χ0) is 20.4. The molecule has 7 heteroatoms. The molecule has 0 N–H and O–H groups in total. The number of hydrogen-bond acceptors (Lipinski definition) is 5. The number of benzene rings is 2. The molecule has 5 nitrogen and oxygen atoms in total. The maximum atomic E-state index is 12.7. The molecular formula is C21H18Cl2O5. The smallest absolute Gasteiger partial charge is 0.347 e. The minimum Gasteiger partial charge on any atom is -0.479 e. The number of ketones is 1. The number of rotatable bonds is 5. The highest BCUT2D eigenvalue weighted by Crippen LogP contribution is 2.40. The van der Waals surface area contributed by atoms with Gasteiger partial charge in [0.05, 0.1) is 12.2 Å². The average molecular weight is 421 g/mol. The quantitative estimate of drug-likeness (QED) is 0.488. The van der Waals surface area contributed by atoms with Crippen LogP contribution >= 0.6 is 23.2 Å². The molecule has 0 aliphatic carbocycles. The van der Waals surface area contributed by atoms with Gasteiger partial charge in [-0.05, 0) is 51.1 Å². The van der Waals surface area contributed by atoms with Gasteiger partial charge in [0.2, 0.25) is 5.78 Å². The molecule has 0 fully saturated rings. The Labute approximate surface area is 172 Å². The van der Waals surface area contributed by atoms with Gasteiger partial charge in [0, 0.05) is 21.2 Å². The van der Waals surface area contributed by atoms with E-state index in [0.29, 0.717) is 38.2 Å². The highest BCUT2D eigenvalue weighted by molar-refractivity contribution is 6.37. The molecule has 28 heavy (non-hydrogen) atoms. The van der Waals surface area contributed by atoms with Gasteiger partial charge in [0.25, 0.3) is 0 Å². The second-order valence-electron chi connectivity index (χ2n) is 6.15. The third kappa shape index (κ3) is 3.86. The molecule has 1 aliphatic rings. The van der Waals surface area contributed by atoms with E-state index in [-0.39, 0.29) is 18.1 Å². The Bertz CT molecular complexity index is 961. The number of fused-ring (bicyclic) bond motifs is 1. The van der Waals surface area contributed by atoms with Crippen molar-refractivity contribution in [2.45, 2.75) is 26.9 Å². The van der Waals surface area contributed by atoms with Crippen LogP contribution in [0, 0.1) is 6.92 Å². The van der Waals surface area contributed by atoms with E-state index in [1.54, 1.807) is 51.1 Å². The topological polar surface area (TPSA) is 61.8 Å². The van der Waals surface area contributed by atoms with Crippen molar-refractivity contribution >= 4 is 41.0 Å². The second-order valence-corrected chi connectivity index (χ2v) is 6.97. The van der Waals surface area contributed by atoms with Crippen LogP contribution in [-0.2, 0) is 9.53 Å². The van der Waals surface area contributed by atoms with E-state index in [9.17, 15) is 9.59 Å². The maximum absolute atomic E-state index is 12.7. The Hall–Kier alpha value is -2.50. The number of allylic oxidation sites excluding steroid dienone is 1. The number of halogens is 2. The predicted molar refractivity (Wildman–Crippen MR) is 107 cm³/mol. The van der Waals surface area contributed by atoms with Gasteiger partial charge in [-0.2, -0.15) is 0 Å². The van der Waals surface area contributed by atoms with Gasteiger partial charge >= 0.3 is 5.97 Å². The third-order valence-electron chi connectivity index (χ3n) is 4.23. The summed E-state index contributed by atoms with van der Waals surface area (Å²) in [5.41, 5.74) is 1.52. The van der Waals surface area contributed by atoms with Crippen molar-refractivity contribution in [1.82, 2.24) is 0 Å². The van der Waals surface area contributed by atoms with E-state index in [0.717, 1.165) is 0 Å². The highest BCUT2D eigenvalue weighted by atomic mass is 35.5. The summed E-state index contributed by atoms with van der Waals surface area (Å²) >= 11 is 12.4. The summed E-state index contributed by atoms with van der Waals surface area (Å²) < 4.78 is 16.4. The van der Waals surface area contributed by atoms with Crippen LogP contribution in [0.5, 0.6) is 11.5 Å². The van der Waals surface area contributed by atoms with Crippen LogP contribution in [0.4, 0.5) is 0 Å². The minimum absolute atomic E-state index is 0.115. The largest absolute Gasteiger partial charge is 0.479 e. The van der Waals surface area contributed by atoms with Crippen LogP contribution in [0.25, 0.3) is 6.08 Å². The first kappa shape index (κ1) is 20.2. The Morgan fingerprint density at radius 2 is 1.89 bits per heavy atom. The lowest BCUT2D eigenvalue weighted by molar-refractivity contribution is -0.150. The molecule has 1 heterocycles. The number of carbonyl (C=O) groups is 2. The zero-order valence-corrected chi connectivity index (χ0v) is 17.1. The molecule has 0 bridgehead atoms. The fourth-order valence-corrected chi connectivity index (χ4v) is 3.28. The average Bonchev–Trinajstić information content (AvgIpc) is 2.97. The second kappa shape index (κ2) is 8.25. The van der Waals surface area contributed by atoms with Gasteiger partial charge in [-0.15, -0.1) is 0 Å². The molecule has 1 unspecified atom stereocenters. The molecule has 0 amide bonds. The lowest BCUT2D eigenvalue weighted by Gasteiger charge is -2.16.